The van der Waals surface area contributed by atoms with E-state index in [0.717, 1.165) is 26.1 Å². The van der Waals surface area contributed by atoms with Gasteiger partial charge < -0.3 is 9.88 Å². The molecule has 0 fully saturated rings. The van der Waals surface area contributed by atoms with Crippen LogP contribution < -0.4 is 5.32 Å². The molecule has 0 saturated carbocycles. The summed E-state index contributed by atoms with van der Waals surface area (Å²) in [4.78, 5) is 16.7. The summed E-state index contributed by atoms with van der Waals surface area (Å²) in [6, 6.07) is 15.6. The first-order valence-electron chi connectivity index (χ1n) is 6.61. The minimum Gasteiger partial charge on any atom is -0.324 e. The zero-order chi connectivity index (χ0) is 14.8. The molecule has 1 aromatic heterocycles. The molecular weight excluding hydrogens is 377 g/mol. The molecule has 0 aliphatic heterocycles. The van der Waals surface area contributed by atoms with Crippen molar-refractivity contribution in [3.05, 3.63) is 57.9 Å². The molecule has 0 spiro atoms. The average Bonchev–Trinajstić information content (AvgIpc) is 2.78. The highest BCUT2D eigenvalue weighted by Gasteiger charge is 2.11. The van der Waals surface area contributed by atoms with Crippen molar-refractivity contribution in [2.45, 2.75) is 13.5 Å². The predicted octanol–water partition coefficient (Wildman–Crippen LogP) is 3.59. The zero-order valence-corrected chi connectivity index (χ0v) is 13.7. The number of aromatic nitrogens is 2. The van der Waals surface area contributed by atoms with Gasteiger partial charge in [0.2, 0.25) is 5.91 Å². The summed E-state index contributed by atoms with van der Waals surface area (Å²) >= 11 is 2.21. The van der Waals surface area contributed by atoms with Crippen LogP contribution >= 0.6 is 22.6 Å². The van der Waals surface area contributed by atoms with Crippen LogP contribution in [-0.2, 0) is 11.3 Å². The molecule has 1 N–H and O–H groups in total. The quantitative estimate of drug-likeness (QED) is 0.694. The van der Waals surface area contributed by atoms with Gasteiger partial charge in [0.25, 0.3) is 0 Å². The predicted molar refractivity (Wildman–Crippen MR) is 92.3 cm³/mol. The van der Waals surface area contributed by atoms with Gasteiger partial charge in [-0.2, -0.15) is 0 Å². The standard InChI is InChI=1S/C16H14IN3O/c1-11-18-14-8-4-5-9-15(14)20(11)10-16(21)19-13-7-3-2-6-12(13)17/h2-9H,10H2,1H3,(H,19,21). The number of fused-ring (bicyclic) bond motifs is 1. The highest BCUT2D eigenvalue weighted by molar-refractivity contribution is 14.1. The van der Waals surface area contributed by atoms with E-state index in [1.807, 2.05) is 60.0 Å². The molecule has 106 valence electrons. The van der Waals surface area contributed by atoms with E-state index in [-0.39, 0.29) is 12.5 Å². The van der Waals surface area contributed by atoms with Crippen molar-refractivity contribution in [1.29, 1.82) is 0 Å². The molecule has 3 rings (SSSR count). The van der Waals surface area contributed by atoms with Gasteiger partial charge in [-0.1, -0.05) is 24.3 Å². The number of imidazole rings is 1. The molecule has 4 nitrogen and oxygen atoms in total. The Labute approximate surface area is 136 Å². The van der Waals surface area contributed by atoms with Gasteiger partial charge in [0, 0.05) is 3.57 Å². The number of halogens is 1. The van der Waals surface area contributed by atoms with Gasteiger partial charge in [-0.15, -0.1) is 0 Å². The van der Waals surface area contributed by atoms with Crippen LogP contribution in [0.4, 0.5) is 5.69 Å². The molecule has 21 heavy (non-hydrogen) atoms. The van der Waals surface area contributed by atoms with E-state index in [1.165, 1.54) is 0 Å². The lowest BCUT2D eigenvalue weighted by atomic mass is 10.3. The Hall–Kier alpha value is -1.89. The van der Waals surface area contributed by atoms with Crippen molar-refractivity contribution in [3.8, 4) is 0 Å². The van der Waals surface area contributed by atoms with Crippen molar-refractivity contribution in [2.75, 3.05) is 5.32 Å². The van der Waals surface area contributed by atoms with Crippen molar-refractivity contribution >= 4 is 45.2 Å². The van der Waals surface area contributed by atoms with E-state index in [9.17, 15) is 4.79 Å². The Morgan fingerprint density at radius 3 is 2.71 bits per heavy atom. The second kappa shape index (κ2) is 5.85. The van der Waals surface area contributed by atoms with E-state index in [0.29, 0.717) is 0 Å². The van der Waals surface area contributed by atoms with Crippen molar-refractivity contribution < 1.29 is 4.79 Å². The largest absolute Gasteiger partial charge is 0.324 e. The van der Waals surface area contributed by atoms with E-state index >= 15 is 0 Å². The van der Waals surface area contributed by atoms with Crippen LogP contribution in [0.5, 0.6) is 0 Å². The fourth-order valence-electron chi connectivity index (χ4n) is 2.29. The maximum Gasteiger partial charge on any atom is 0.244 e. The maximum atomic E-state index is 12.3. The lowest BCUT2D eigenvalue weighted by Gasteiger charge is -2.09. The molecule has 0 bridgehead atoms. The number of benzene rings is 2. The summed E-state index contributed by atoms with van der Waals surface area (Å²) in [6.07, 6.45) is 0. The van der Waals surface area contributed by atoms with Crippen LogP contribution in [0, 0.1) is 10.5 Å². The maximum absolute atomic E-state index is 12.3. The summed E-state index contributed by atoms with van der Waals surface area (Å²) in [6.45, 7) is 2.18. The molecule has 3 aromatic rings. The van der Waals surface area contributed by atoms with Crippen LogP contribution in [0.3, 0.4) is 0 Å². The molecule has 0 unspecified atom stereocenters. The third-order valence-corrected chi connectivity index (χ3v) is 4.24. The number of amides is 1. The fraction of sp³-hybridized carbons (Fsp3) is 0.125. The first-order chi connectivity index (χ1) is 10.1. The Kier molecular flexibility index (Phi) is 3.92. The molecule has 0 atom stereocenters. The number of carbonyl (C=O) groups is 1. The van der Waals surface area contributed by atoms with Gasteiger partial charge >= 0.3 is 0 Å². The SMILES string of the molecule is Cc1nc2ccccc2n1CC(=O)Nc1ccccc1I. The first-order valence-corrected chi connectivity index (χ1v) is 7.69. The average molecular weight is 391 g/mol. The monoisotopic (exact) mass is 391 g/mol. The van der Waals surface area contributed by atoms with Crippen LogP contribution in [0.25, 0.3) is 11.0 Å². The van der Waals surface area contributed by atoms with Gasteiger partial charge in [-0.05, 0) is 53.8 Å². The second-order valence-electron chi connectivity index (χ2n) is 4.76. The van der Waals surface area contributed by atoms with Gasteiger partial charge in [0.15, 0.2) is 0 Å². The summed E-state index contributed by atoms with van der Waals surface area (Å²) in [5.74, 6) is 0.791. The second-order valence-corrected chi connectivity index (χ2v) is 5.92. The molecule has 1 heterocycles. The summed E-state index contributed by atoms with van der Waals surface area (Å²) < 4.78 is 2.95. The number of anilines is 1. The van der Waals surface area contributed by atoms with Crippen molar-refractivity contribution in [2.24, 2.45) is 0 Å². The normalized spacial score (nSPS) is 10.8. The topological polar surface area (TPSA) is 46.9 Å². The molecular formula is C16H14IN3O. The minimum absolute atomic E-state index is 0.0506. The summed E-state index contributed by atoms with van der Waals surface area (Å²) in [7, 11) is 0. The lowest BCUT2D eigenvalue weighted by Crippen LogP contribution is -2.19. The molecule has 0 saturated heterocycles. The van der Waals surface area contributed by atoms with E-state index in [4.69, 9.17) is 0 Å². The van der Waals surface area contributed by atoms with Crippen LogP contribution in [0.15, 0.2) is 48.5 Å². The van der Waals surface area contributed by atoms with Crippen LogP contribution in [0.1, 0.15) is 5.82 Å². The third-order valence-electron chi connectivity index (χ3n) is 3.30. The number of carbonyl (C=O) groups excluding carboxylic acids is 1. The number of nitrogens with one attached hydrogen (secondary N) is 1. The molecule has 2 aromatic carbocycles. The van der Waals surface area contributed by atoms with Crippen molar-refractivity contribution in [3.63, 3.8) is 0 Å². The number of hydrogen-bond acceptors (Lipinski definition) is 2. The van der Waals surface area contributed by atoms with Crippen LogP contribution in [-0.4, -0.2) is 15.5 Å². The Balaban J connectivity index is 1.84. The smallest absolute Gasteiger partial charge is 0.244 e. The third kappa shape index (κ3) is 2.92. The minimum atomic E-state index is -0.0506. The highest BCUT2D eigenvalue weighted by atomic mass is 127. The molecule has 0 aliphatic rings. The van der Waals surface area contributed by atoms with Crippen molar-refractivity contribution in [1.82, 2.24) is 9.55 Å². The molecule has 0 radical (unpaired) electrons. The summed E-state index contributed by atoms with van der Waals surface area (Å²) in [5.41, 5.74) is 2.73. The zero-order valence-electron chi connectivity index (χ0n) is 11.5. The summed E-state index contributed by atoms with van der Waals surface area (Å²) in [5, 5.41) is 2.95. The van der Waals surface area contributed by atoms with Gasteiger partial charge in [0.05, 0.1) is 16.7 Å². The lowest BCUT2D eigenvalue weighted by molar-refractivity contribution is -0.116. The number of aryl methyl sites for hydroxylation is 1. The highest BCUT2D eigenvalue weighted by Crippen LogP contribution is 2.18. The van der Waals surface area contributed by atoms with Crippen LogP contribution in [0.2, 0.25) is 0 Å². The van der Waals surface area contributed by atoms with E-state index in [1.54, 1.807) is 0 Å². The number of nitrogens with zero attached hydrogens (tertiary/aromatic N) is 2. The number of rotatable bonds is 3. The van der Waals surface area contributed by atoms with E-state index in [2.05, 4.69) is 32.9 Å². The molecule has 0 aliphatic carbocycles. The number of para-hydroxylation sites is 3. The fourth-order valence-corrected chi connectivity index (χ4v) is 2.81. The van der Waals surface area contributed by atoms with E-state index < -0.39 is 0 Å². The Morgan fingerprint density at radius 2 is 1.90 bits per heavy atom. The van der Waals surface area contributed by atoms with Gasteiger partial charge in [0.1, 0.15) is 12.4 Å². The Morgan fingerprint density at radius 1 is 1.19 bits per heavy atom. The van der Waals surface area contributed by atoms with Gasteiger partial charge in [-0.25, -0.2) is 4.98 Å². The molecule has 1 amide bonds. The first kappa shape index (κ1) is 14.1. The molecule has 5 heteroatoms. The Bertz CT molecular complexity index is 810. The van der Waals surface area contributed by atoms with Gasteiger partial charge in [-0.3, -0.25) is 4.79 Å². The number of hydrogen-bond donors (Lipinski definition) is 1.